The van der Waals surface area contributed by atoms with Crippen LogP contribution in [0.1, 0.15) is 39.0 Å². The van der Waals surface area contributed by atoms with Crippen LogP contribution in [0.15, 0.2) is 0 Å². The second kappa shape index (κ2) is 5.87. The van der Waals surface area contributed by atoms with Crippen molar-refractivity contribution in [3.63, 3.8) is 0 Å². The second-order valence-electron chi connectivity index (χ2n) is 4.90. The van der Waals surface area contributed by atoms with Gasteiger partial charge in [-0.1, -0.05) is 6.92 Å². The summed E-state index contributed by atoms with van der Waals surface area (Å²) in [6.07, 6.45) is 5.80. The van der Waals surface area contributed by atoms with Crippen molar-refractivity contribution in [1.29, 1.82) is 0 Å². The third kappa shape index (κ3) is 2.51. The molecule has 1 heterocycles. The number of amides is 1. The Hall–Kier alpha value is -0.280. The first kappa shape index (κ1) is 13.8. The van der Waals surface area contributed by atoms with Crippen LogP contribution < -0.4 is 5.32 Å². The van der Waals surface area contributed by atoms with Gasteiger partial charge in [0.15, 0.2) is 0 Å². The lowest BCUT2D eigenvalue weighted by atomic mass is 9.89. The highest BCUT2D eigenvalue weighted by Crippen LogP contribution is 2.27. The normalized spacial score (nSPS) is 29.4. The Morgan fingerprint density at radius 3 is 2.56 bits per heavy atom. The lowest BCUT2D eigenvalue weighted by Gasteiger charge is -2.37. The number of hydrogen-bond acceptors (Lipinski definition) is 2. The van der Waals surface area contributed by atoms with E-state index in [4.69, 9.17) is 0 Å². The molecule has 0 aromatic heterocycles. The minimum Gasteiger partial charge on any atom is -0.342 e. The van der Waals surface area contributed by atoms with Crippen molar-refractivity contribution in [2.75, 3.05) is 13.6 Å². The summed E-state index contributed by atoms with van der Waals surface area (Å²) in [5.74, 6) is 0.608. The number of nitrogens with one attached hydrogen (secondary N) is 1. The Morgan fingerprint density at radius 1 is 1.38 bits per heavy atom. The fourth-order valence-corrected chi connectivity index (χ4v) is 2.71. The van der Waals surface area contributed by atoms with Crippen LogP contribution in [0.3, 0.4) is 0 Å². The van der Waals surface area contributed by atoms with E-state index in [1.54, 1.807) is 0 Å². The first-order valence-corrected chi connectivity index (χ1v) is 6.24. The molecule has 2 unspecified atom stereocenters. The van der Waals surface area contributed by atoms with Gasteiger partial charge in [0.2, 0.25) is 5.91 Å². The zero-order chi connectivity index (χ0) is 10.8. The summed E-state index contributed by atoms with van der Waals surface area (Å²) in [6, 6.07) is 0.954. The van der Waals surface area contributed by atoms with Crippen LogP contribution >= 0.6 is 12.4 Å². The molecule has 2 aliphatic rings. The van der Waals surface area contributed by atoms with Crippen LogP contribution in [0, 0.1) is 5.92 Å². The molecule has 1 aliphatic carbocycles. The average molecular weight is 247 g/mol. The highest BCUT2D eigenvalue weighted by molar-refractivity contribution is 5.85. The van der Waals surface area contributed by atoms with E-state index in [9.17, 15) is 4.79 Å². The van der Waals surface area contributed by atoms with Gasteiger partial charge in [0, 0.05) is 19.1 Å². The van der Waals surface area contributed by atoms with E-state index in [1.165, 1.54) is 19.3 Å². The Morgan fingerprint density at radius 2 is 2.06 bits per heavy atom. The number of halogens is 1. The van der Waals surface area contributed by atoms with Crippen LogP contribution in [0.4, 0.5) is 0 Å². The Kier molecular flexibility index (Phi) is 5.06. The van der Waals surface area contributed by atoms with Crippen molar-refractivity contribution in [3.05, 3.63) is 0 Å². The first-order chi connectivity index (χ1) is 7.24. The van der Waals surface area contributed by atoms with Crippen LogP contribution in [-0.4, -0.2) is 36.5 Å². The third-order valence-electron chi connectivity index (χ3n) is 4.07. The molecule has 0 spiro atoms. The molecule has 16 heavy (non-hydrogen) atoms. The summed E-state index contributed by atoms with van der Waals surface area (Å²) in [6.45, 7) is 3.17. The van der Waals surface area contributed by atoms with Gasteiger partial charge in [0.1, 0.15) is 0 Å². The second-order valence-corrected chi connectivity index (χ2v) is 4.90. The van der Waals surface area contributed by atoms with Crippen molar-refractivity contribution in [2.24, 2.45) is 5.92 Å². The summed E-state index contributed by atoms with van der Waals surface area (Å²) < 4.78 is 0. The number of carbonyl (C=O) groups excluding carboxylic acids is 1. The van der Waals surface area contributed by atoms with Gasteiger partial charge in [-0.25, -0.2) is 0 Å². The predicted octanol–water partition coefficient (Wildman–Crippen LogP) is 1.81. The maximum atomic E-state index is 12.2. The number of rotatable bonds is 3. The quantitative estimate of drug-likeness (QED) is 0.824. The Balaban J connectivity index is 0.00000128. The van der Waals surface area contributed by atoms with Crippen molar-refractivity contribution in [3.8, 4) is 0 Å². The lowest BCUT2D eigenvalue weighted by molar-refractivity contribution is -0.138. The van der Waals surface area contributed by atoms with Crippen LogP contribution in [0.5, 0.6) is 0 Å². The van der Waals surface area contributed by atoms with Gasteiger partial charge < -0.3 is 10.2 Å². The van der Waals surface area contributed by atoms with Crippen molar-refractivity contribution < 1.29 is 4.79 Å². The summed E-state index contributed by atoms with van der Waals surface area (Å²) in [7, 11) is 1.98. The molecule has 1 saturated heterocycles. The zero-order valence-electron chi connectivity index (χ0n) is 10.2. The maximum Gasteiger partial charge on any atom is 0.227 e. The Labute approximate surface area is 104 Å². The molecule has 1 N–H and O–H groups in total. The van der Waals surface area contributed by atoms with Gasteiger partial charge in [-0.3, -0.25) is 4.79 Å². The molecule has 3 nitrogen and oxygen atoms in total. The van der Waals surface area contributed by atoms with Crippen molar-refractivity contribution in [2.45, 2.75) is 51.1 Å². The van der Waals surface area contributed by atoms with E-state index in [2.05, 4.69) is 12.2 Å². The van der Waals surface area contributed by atoms with E-state index in [0.29, 0.717) is 18.0 Å². The summed E-state index contributed by atoms with van der Waals surface area (Å²) >= 11 is 0. The van der Waals surface area contributed by atoms with Gasteiger partial charge in [-0.05, 0) is 38.6 Å². The summed E-state index contributed by atoms with van der Waals surface area (Å²) in [4.78, 5) is 14.2. The fourth-order valence-electron chi connectivity index (χ4n) is 2.71. The molecule has 0 aromatic carbocycles. The van der Waals surface area contributed by atoms with Crippen molar-refractivity contribution >= 4 is 18.3 Å². The number of carbonyl (C=O) groups is 1. The maximum absolute atomic E-state index is 12.2. The number of hydrogen-bond donors (Lipinski definition) is 1. The van der Waals surface area contributed by atoms with Crippen molar-refractivity contribution in [1.82, 2.24) is 10.2 Å². The van der Waals surface area contributed by atoms with Gasteiger partial charge in [0.25, 0.3) is 0 Å². The third-order valence-corrected chi connectivity index (χ3v) is 4.07. The van der Waals surface area contributed by atoms with Gasteiger partial charge in [-0.15, -0.1) is 12.4 Å². The fraction of sp³-hybridized carbons (Fsp3) is 0.917. The highest BCUT2D eigenvalue weighted by Gasteiger charge is 2.36. The van der Waals surface area contributed by atoms with E-state index in [-0.39, 0.29) is 18.3 Å². The van der Waals surface area contributed by atoms with Crippen LogP contribution in [0.25, 0.3) is 0 Å². The molecular weight excluding hydrogens is 224 g/mol. The monoisotopic (exact) mass is 246 g/mol. The van der Waals surface area contributed by atoms with E-state index in [0.717, 1.165) is 19.4 Å². The molecule has 2 fully saturated rings. The Bertz CT molecular complexity index is 243. The molecule has 0 aromatic rings. The van der Waals surface area contributed by atoms with E-state index >= 15 is 0 Å². The summed E-state index contributed by atoms with van der Waals surface area (Å²) in [5, 5.41) is 3.42. The molecule has 94 valence electrons. The predicted molar refractivity (Wildman–Crippen MR) is 67.8 cm³/mol. The molecular formula is C12H23ClN2O. The first-order valence-electron chi connectivity index (χ1n) is 6.24. The van der Waals surface area contributed by atoms with Gasteiger partial charge in [0.05, 0.1) is 5.92 Å². The zero-order valence-corrected chi connectivity index (χ0v) is 11.1. The molecule has 1 aliphatic heterocycles. The summed E-state index contributed by atoms with van der Waals surface area (Å²) in [5.41, 5.74) is 0. The minimum atomic E-state index is 0. The van der Waals surface area contributed by atoms with Gasteiger partial charge in [-0.2, -0.15) is 0 Å². The molecule has 4 heteroatoms. The molecule has 2 rings (SSSR count). The molecule has 1 saturated carbocycles. The molecule has 2 atom stereocenters. The molecule has 1 amide bonds. The van der Waals surface area contributed by atoms with Crippen LogP contribution in [-0.2, 0) is 4.79 Å². The van der Waals surface area contributed by atoms with E-state index in [1.807, 2.05) is 11.9 Å². The number of nitrogens with zero attached hydrogens (tertiary/aromatic N) is 1. The SMILES string of the molecule is CCC1NCCC1C(=O)N(C)C1CCC1.Cl. The highest BCUT2D eigenvalue weighted by atomic mass is 35.5. The molecule has 0 radical (unpaired) electrons. The topological polar surface area (TPSA) is 32.3 Å². The smallest absolute Gasteiger partial charge is 0.227 e. The minimum absolute atomic E-state index is 0. The van der Waals surface area contributed by atoms with Gasteiger partial charge >= 0.3 is 0 Å². The standard InChI is InChI=1S/C12H22N2O.ClH/c1-3-11-10(7-8-13-11)12(15)14(2)9-5-4-6-9;/h9-11,13H,3-8H2,1-2H3;1H. The molecule has 0 bridgehead atoms. The lowest BCUT2D eigenvalue weighted by Crippen LogP contribution is -2.46. The largest absolute Gasteiger partial charge is 0.342 e. The van der Waals surface area contributed by atoms with Crippen LogP contribution in [0.2, 0.25) is 0 Å². The average Bonchev–Trinajstić information content (AvgIpc) is 2.61. The van der Waals surface area contributed by atoms with E-state index < -0.39 is 0 Å².